The van der Waals surface area contributed by atoms with Gasteiger partial charge < -0.3 is 14.8 Å². The van der Waals surface area contributed by atoms with Gasteiger partial charge in [-0.05, 0) is 67.2 Å². The molecule has 0 aliphatic rings. The lowest BCUT2D eigenvalue weighted by Crippen LogP contribution is -2.34. The Morgan fingerprint density at radius 2 is 1.96 bits per heavy atom. The first kappa shape index (κ1) is 18.8. The van der Waals surface area contributed by atoms with Crippen LogP contribution in [0.5, 0.6) is 0 Å². The number of furan rings is 1. The van der Waals surface area contributed by atoms with Crippen LogP contribution in [0.3, 0.4) is 0 Å². The normalized spacial score (nSPS) is 10.5. The second-order valence-corrected chi connectivity index (χ2v) is 6.25. The van der Waals surface area contributed by atoms with Gasteiger partial charge in [0.15, 0.2) is 5.11 Å². The molecule has 1 aromatic heterocycles. The fourth-order valence-corrected chi connectivity index (χ4v) is 2.81. The summed E-state index contributed by atoms with van der Waals surface area (Å²) >= 11 is 5.13. The van der Waals surface area contributed by atoms with E-state index >= 15 is 0 Å². The van der Waals surface area contributed by atoms with E-state index in [-0.39, 0.29) is 17.3 Å². The molecule has 27 heavy (non-hydrogen) atoms. The first-order chi connectivity index (χ1) is 13.0. The van der Waals surface area contributed by atoms with Crippen molar-refractivity contribution in [1.29, 1.82) is 0 Å². The number of anilines is 1. The van der Waals surface area contributed by atoms with Crippen molar-refractivity contribution in [3.8, 4) is 11.3 Å². The number of carbonyl (C=O) groups excluding carboxylic acids is 1. The molecule has 0 saturated carbocycles. The summed E-state index contributed by atoms with van der Waals surface area (Å²) in [4.78, 5) is 12.1. The fraction of sp³-hybridized carbons (Fsp3) is 0.100. The number of aryl methyl sites for hydroxylation is 1. The third-order valence-electron chi connectivity index (χ3n) is 3.91. The third-order valence-corrected chi connectivity index (χ3v) is 4.12. The van der Waals surface area contributed by atoms with Crippen LogP contribution in [0, 0.1) is 12.7 Å². The predicted octanol–water partition coefficient (Wildman–Crippen LogP) is 4.01. The van der Waals surface area contributed by atoms with Gasteiger partial charge in [0, 0.05) is 11.3 Å². The molecule has 0 unspecified atom stereocenters. The molecule has 0 fully saturated rings. The van der Waals surface area contributed by atoms with Gasteiger partial charge in [-0.15, -0.1) is 0 Å². The van der Waals surface area contributed by atoms with Gasteiger partial charge in [-0.25, -0.2) is 4.39 Å². The number of hydrogen-bond acceptors (Lipinski definition) is 4. The molecule has 138 valence electrons. The number of thiocarbonyl (C=S) groups is 1. The Labute approximate surface area is 160 Å². The Balaban J connectivity index is 1.68. The minimum atomic E-state index is -0.619. The Kier molecular flexibility index (Phi) is 5.63. The molecule has 5 nitrogen and oxygen atoms in total. The first-order valence-electron chi connectivity index (χ1n) is 8.15. The van der Waals surface area contributed by atoms with Crippen LogP contribution in [0.2, 0.25) is 0 Å². The summed E-state index contributed by atoms with van der Waals surface area (Å²) in [6, 6.07) is 14.7. The van der Waals surface area contributed by atoms with Crippen LogP contribution < -0.4 is 10.6 Å². The van der Waals surface area contributed by atoms with E-state index in [0.29, 0.717) is 17.2 Å². The second-order valence-electron chi connectivity index (χ2n) is 5.84. The molecule has 0 radical (unpaired) electrons. The molecular weight excluding hydrogens is 367 g/mol. The van der Waals surface area contributed by atoms with E-state index in [1.807, 2.05) is 19.1 Å². The summed E-state index contributed by atoms with van der Waals surface area (Å²) in [5, 5.41) is 14.5. The van der Waals surface area contributed by atoms with Gasteiger partial charge in [-0.2, -0.15) is 0 Å². The maximum absolute atomic E-state index is 13.7. The van der Waals surface area contributed by atoms with E-state index in [9.17, 15) is 9.18 Å². The summed E-state index contributed by atoms with van der Waals surface area (Å²) in [7, 11) is 0. The van der Waals surface area contributed by atoms with Gasteiger partial charge in [0.2, 0.25) is 0 Å². The maximum Gasteiger partial charge on any atom is 0.260 e. The largest absolute Gasteiger partial charge is 0.459 e. The predicted molar refractivity (Wildman–Crippen MR) is 105 cm³/mol. The lowest BCUT2D eigenvalue weighted by Gasteiger charge is -2.12. The van der Waals surface area contributed by atoms with Gasteiger partial charge in [-0.1, -0.05) is 12.1 Å². The minimum Gasteiger partial charge on any atom is -0.459 e. The first-order valence-corrected chi connectivity index (χ1v) is 8.56. The zero-order valence-electron chi connectivity index (χ0n) is 14.5. The number of rotatable bonds is 4. The number of aliphatic hydroxyl groups excluding tert-OH is 1. The average molecular weight is 384 g/mol. The molecule has 3 aromatic rings. The highest BCUT2D eigenvalue weighted by atomic mass is 32.1. The van der Waals surface area contributed by atoms with Crippen molar-refractivity contribution in [1.82, 2.24) is 5.32 Å². The molecule has 7 heteroatoms. The average Bonchev–Trinajstić information content (AvgIpc) is 3.11. The number of amides is 1. The number of halogens is 1. The van der Waals surface area contributed by atoms with Gasteiger partial charge in [-0.3, -0.25) is 10.1 Å². The van der Waals surface area contributed by atoms with Gasteiger partial charge in [0.1, 0.15) is 23.9 Å². The van der Waals surface area contributed by atoms with Crippen molar-refractivity contribution in [2.24, 2.45) is 0 Å². The molecule has 3 rings (SSSR count). The second kappa shape index (κ2) is 8.11. The topological polar surface area (TPSA) is 74.5 Å². The Bertz CT molecular complexity index is 1000. The minimum absolute atomic E-state index is 0.0657. The number of hydrogen-bond donors (Lipinski definition) is 3. The monoisotopic (exact) mass is 384 g/mol. The van der Waals surface area contributed by atoms with Crippen LogP contribution >= 0.6 is 12.2 Å². The molecule has 0 aliphatic heterocycles. The van der Waals surface area contributed by atoms with Crippen LogP contribution in [-0.2, 0) is 6.61 Å². The van der Waals surface area contributed by atoms with E-state index in [1.54, 1.807) is 24.3 Å². The van der Waals surface area contributed by atoms with Crippen LogP contribution in [0.4, 0.5) is 10.1 Å². The zero-order valence-corrected chi connectivity index (χ0v) is 15.3. The molecule has 2 aromatic carbocycles. The van der Waals surface area contributed by atoms with Crippen molar-refractivity contribution >= 4 is 28.9 Å². The van der Waals surface area contributed by atoms with Crippen molar-refractivity contribution < 1.29 is 18.7 Å². The van der Waals surface area contributed by atoms with Crippen molar-refractivity contribution in [3.63, 3.8) is 0 Å². The Hall–Kier alpha value is -3.03. The molecular formula is C20H17FN2O3S. The quantitative estimate of drug-likeness (QED) is 0.593. The van der Waals surface area contributed by atoms with Crippen molar-refractivity contribution in [2.45, 2.75) is 13.5 Å². The molecule has 3 N–H and O–H groups in total. The van der Waals surface area contributed by atoms with Crippen molar-refractivity contribution in [3.05, 3.63) is 77.3 Å². The van der Waals surface area contributed by atoms with Crippen LogP contribution in [0.15, 0.2) is 59.0 Å². The van der Waals surface area contributed by atoms with E-state index in [1.165, 1.54) is 18.2 Å². The molecule has 0 saturated heterocycles. The highest BCUT2D eigenvalue weighted by molar-refractivity contribution is 7.80. The fourth-order valence-electron chi connectivity index (χ4n) is 2.60. The number of carbonyl (C=O) groups is 1. The van der Waals surface area contributed by atoms with Crippen molar-refractivity contribution in [2.75, 3.05) is 5.32 Å². The molecule has 1 heterocycles. The summed E-state index contributed by atoms with van der Waals surface area (Å²) in [5.74, 6) is -0.0908. The highest BCUT2D eigenvalue weighted by Crippen LogP contribution is 2.27. The zero-order chi connectivity index (χ0) is 19.4. The Morgan fingerprint density at radius 3 is 2.63 bits per heavy atom. The summed E-state index contributed by atoms with van der Waals surface area (Å²) in [6.07, 6.45) is 0. The number of nitrogens with one attached hydrogen (secondary N) is 2. The molecule has 0 aliphatic carbocycles. The summed E-state index contributed by atoms with van der Waals surface area (Å²) < 4.78 is 19.2. The lowest BCUT2D eigenvalue weighted by molar-refractivity contribution is 0.0974. The summed E-state index contributed by atoms with van der Waals surface area (Å²) in [5.41, 5.74) is 2.39. The van der Waals surface area contributed by atoms with Crippen LogP contribution in [0.1, 0.15) is 21.7 Å². The van der Waals surface area contributed by atoms with E-state index in [4.69, 9.17) is 21.7 Å². The SMILES string of the molecule is Cc1cc(NC(=S)NC(=O)c2ccccc2F)ccc1-c1ccc(CO)o1. The van der Waals surface area contributed by atoms with E-state index < -0.39 is 11.7 Å². The standard InChI is InChI=1S/C20H17FN2O3S/c1-12-10-13(6-8-15(12)18-9-7-14(11-24)26-18)22-20(27)23-19(25)16-4-2-3-5-17(16)21/h2-10,24H,11H2,1H3,(H2,22,23,25,27). The van der Waals surface area contributed by atoms with Gasteiger partial charge in [0.25, 0.3) is 5.91 Å². The van der Waals surface area contributed by atoms with E-state index in [0.717, 1.165) is 11.1 Å². The maximum atomic E-state index is 13.7. The smallest absolute Gasteiger partial charge is 0.260 e. The van der Waals surface area contributed by atoms with Gasteiger partial charge >= 0.3 is 0 Å². The Morgan fingerprint density at radius 1 is 1.19 bits per heavy atom. The third kappa shape index (κ3) is 4.39. The molecule has 1 amide bonds. The number of benzene rings is 2. The summed E-state index contributed by atoms with van der Waals surface area (Å²) in [6.45, 7) is 1.75. The van der Waals surface area contributed by atoms with E-state index in [2.05, 4.69) is 10.6 Å². The molecule has 0 bridgehead atoms. The lowest BCUT2D eigenvalue weighted by atomic mass is 10.1. The molecule has 0 spiro atoms. The molecule has 0 atom stereocenters. The van der Waals surface area contributed by atoms with Crippen LogP contribution in [0.25, 0.3) is 11.3 Å². The van der Waals surface area contributed by atoms with Gasteiger partial charge in [0.05, 0.1) is 5.56 Å². The van der Waals surface area contributed by atoms with Crippen LogP contribution in [-0.4, -0.2) is 16.1 Å². The number of aliphatic hydroxyl groups is 1. The highest BCUT2D eigenvalue weighted by Gasteiger charge is 2.13.